The van der Waals surface area contributed by atoms with Crippen molar-refractivity contribution in [1.82, 2.24) is 10.1 Å². The highest BCUT2D eigenvalue weighted by atomic mass is 16.5. The van der Waals surface area contributed by atoms with Crippen LogP contribution in [0.25, 0.3) is 11.4 Å². The van der Waals surface area contributed by atoms with Crippen LogP contribution in [0.15, 0.2) is 22.7 Å². The first-order valence-electron chi connectivity index (χ1n) is 5.98. The molecule has 2 aromatic rings. The van der Waals surface area contributed by atoms with Crippen molar-refractivity contribution in [3.05, 3.63) is 35.2 Å². The molecule has 0 saturated carbocycles. The first kappa shape index (κ1) is 12.7. The molecule has 0 radical (unpaired) electrons. The molecular weight excluding hydrogens is 230 g/mol. The van der Waals surface area contributed by atoms with Crippen molar-refractivity contribution in [1.29, 1.82) is 0 Å². The zero-order valence-electron chi connectivity index (χ0n) is 10.4. The lowest BCUT2D eigenvalue weighted by Gasteiger charge is -2.11. The van der Waals surface area contributed by atoms with Crippen molar-refractivity contribution >= 4 is 0 Å². The van der Waals surface area contributed by atoms with E-state index in [1.807, 2.05) is 18.2 Å². The quantitative estimate of drug-likeness (QED) is 0.834. The molecule has 18 heavy (non-hydrogen) atoms. The van der Waals surface area contributed by atoms with Crippen LogP contribution in [-0.2, 0) is 13.0 Å². The van der Waals surface area contributed by atoms with Gasteiger partial charge in [0.05, 0.1) is 0 Å². The van der Waals surface area contributed by atoms with Gasteiger partial charge in [-0.15, -0.1) is 0 Å². The number of aliphatic hydroxyl groups excluding tert-OH is 1. The van der Waals surface area contributed by atoms with Crippen LogP contribution < -0.4 is 5.73 Å². The lowest BCUT2D eigenvalue weighted by atomic mass is 9.96. The minimum Gasteiger partial charge on any atom is -0.396 e. The maximum absolute atomic E-state index is 8.98. The molecule has 5 heteroatoms. The summed E-state index contributed by atoms with van der Waals surface area (Å²) in [6.07, 6.45) is 1.45. The Morgan fingerprint density at radius 1 is 1.39 bits per heavy atom. The summed E-state index contributed by atoms with van der Waals surface area (Å²) < 4.78 is 5.01. The molecule has 1 aromatic carbocycles. The van der Waals surface area contributed by atoms with Gasteiger partial charge in [-0.05, 0) is 24.0 Å². The van der Waals surface area contributed by atoms with Gasteiger partial charge in [0.2, 0.25) is 11.7 Å². The molecule has 0 bridgehead atoms. The molecule has 5 nitrogen and oxygen atoms in total. The molecule has 1 heterocycles. The smallest absolute Gasteiger partial charge is 0.223 e. The Morgan fingerprint density at radius 3 is 2.83 bits per heavy atom. The molecule has 0 saturated heterocycles. The number of nitrogens with zero attached hydrogens (tertiary/aromatic N) is 2. The topological polar surface area (TPSA) is 85.2 Å². The van der Waals surface area contributed by atoms with Gasteiger partial charge in [-0.2, -0.15) is 4.98 Å². The highest BCUT2D eigenvalue weighted by Gasteiger charge is 2.13. The summed E-state index contributed by atoms with van der Waals surface area (Å²) in [6, 6.07) is 5.88. The standard InChI is InChI=1S/C13H17N3O2/c1-9-15-13(16-18-9)12-5-2-4-10(8-14)11(12)6-3-7-17/h2,4-5,17H,3,6-8,14H2,1H3. The monoisotopic (exact) mass is 247 g/mol. The van der Waals surface area contributed by atoms with Crippen molar-refractivity contribution in [2.24, 2.45) is 5.73 Å². The second-order valence-electron chi connectivity index (χ2n) is 4.11. The van der Waals surface area contributed by atoms with Crippen LogP contribution in [0.1, 0.15) is 23.4 Å². The maximum Gasteiger partial charge on any atom is 0.223 e. The van der Waals surface area contributed by atoms with Crippen LogP contribution >= 0.6 is 0 Å². The van der Waals surface area contributed by atoms with Gasteiger partial charge in [0.1, 0.15) is 0 Å². The van der Waals surface area contributed by atoms with Gasteiger partial charge in [0.25, 0.3) is 0 Å². The van der Waals surface area contributed by atoms with Gasteiger partial charge in [0.15, 0.2) is 0 Å². The van der Waals surface area contributed by atoms with E-state index in [1.54, 1.807) is 6.92 Å². The number of benzene rings is 1. The van der Waals surface area contributed by atoms with E-state index in [-0.39, 0.29) is 6.61 Å². The summed E-state index contributed by atoms with van der Waals surface area (Å²) in [7, 11) is 0. The molecular formula is C13H17N3O2. The first-order chi connectivity index (χ1) is 8.76. The highest BCUT2D eigenvalue weighted by molar-refractivity contribution is 5.62. The Morgan fingerprint density at radius 2 is 2.22 bits per heavy atom. The second kappa shape index (κ2) is 5.75. The van der Waals surface area contributed by atoms with E-state index in [1.165, 1.54) is 0 Å². The molecule has 0 aliphatic heterocycles. The van der Waals surface area contributed by atoms with Crippen LogP contribution in [0.2, 0.25) is 0 Å². The lowest BCUT2D eigenvalue weighted by molar-refractivity contribution is 0.288. The minimum atomic E-state index is 0.156. The van der Waals surface area contributed by atoms with Gasteiger partial charge in [0, 0.05) is 25.6 Å². The third-order valence-electron chi connectivity index (χ3n) is 2.85. The van der Waals surface area contributed by atoms with Crippen LogP contribution in [0.5, 0.6) is 0 Å². The zero-order valence-corrected chi connectivity index (χ0v) is 10.4. The Kier molecular flexibility index (Phi) is 4.07. The van der Waals surface area contributed by atoms with E-state index in [4.69, 9.17) is 15.4 Å². The molecule has 0 unspecified atom stereocenters. The van der Waals surface area contributed by atoms with Gasteiger partial charge < -0.3 is 15.4 Å². The fraction of sp³-hybridized carbons (Fsp3) is 0.385. The first-order valence-corrected chi connectivity index (χ1v) is 5.98. The van der Waals surface area contributed by atoms with Crippen LogP contribution in [0.4, 0.5) is 0 Å². The molecule has 3 N–H and O–H groups in total. The van der Waals surface area contributed by atoms with E-state index in [9.17, 15) is 0 Å². The molecule has 0 amide bonds. The van der Waals surface area contributed by atoms with E-state index < -0.39 is 0 Å². The summed E-state index contributed by atoms with van der Waals surface area (Å²) in [5.74, 6) is 1.12. The molecule has 0 aliphatic carbocycles. The van der Waals surface area contributed by atoms with E-state index >= 15 is 0 Å². The third-order valence-corrected chi connectivity index (χ3v) is 2.85. The normalized spacial score (nSPS) is 10.8. The Labute approximate surface area is 106 Å². The van der Waals surface area contributed by atoms with Gasteiger partial charge >= 0.3 is 0 Å². The SMILES string of the molecule is Cc1nc(-c2cccc(CN)c2CCCO)no1. The van der Waals surface area contributed by atoms with Crippen LogP contribution in [0.3, 0.4) is 0 Å². The Bertz CT molecular complexity index is 523. The molecule has 1 aromatic heterocycles. The maximum atomic E-state index is 8.98. The Balaban J connectivity index is 2.45. The summed E-state index contributed by atoms with van der Waals surface area (Å²) >= 11 is 0. The van der Waals surface area contributed by atoms with Crippen molar-refractivity contribution in [3.63, 3.8) is 0 Å². The number of hydrogen-bond acceptors (Lipinski definition) is 5. The summed E-state index contributed by atoms with van der Waals surface area (Å²) in [5, 5.41) is 12.9. The summed E-state index contributed by atoms with van der Waals surface area (Å²) in [5.41, 5.74) is 8.83. The van der Waals surface area contributed by atoms with Crippen molar-refractivity contribution in [2.45, 2.75) is 26.3 Å². The number of rotatable bonds is 5. The van der Waals surface area contributed by atoms with Gasteiger partial charge in [-0.25, -0.2) is 0 Å². The van der Waals surface area contributed by atoms with E-state index in [0.29, 0.717) is 24.7 Å². The zero-order chi connectivity index (χ0) is 13.0. The molecule has 0 spiro atoms. The van der Waals surface area contributed by atoms with E-state index in [2.05, 4.69) is 10.1 Å². The van der Waals surface area contributed by atoms with Crippen molar-refractivity contribution in [2.75, 3.05) is 6.61 Å². The number of aliphatic hydroxyl groups is 1. The number of nitrogens with two attached hydrogens (primary N) is 1. The number of aromatic nitrogens is 2. The number of hydrogen-bond donors (Lipinski definition) is 2. The average Bonchev–Trinajstić information content (AvgIpc) is 2.82. The molecule has 0 atom stereocenters. The summed E-state index contributed by atoms with van der Waals surface area (Å²) in [4.78, 5) is 4.24. The Hall–Kier alpha value is -1.72. The largest absolute Gasteiger partial charge is 0.396 e. The summed E-state index contributed by atoms with van der Waals surface area (Å²) in [6.45, 7) is 2.38. The number of aryl methyl sites for hydroxylation is 1. The predicted molar refractivity (Wildman–Crippen MR) is 67.8 cm³/mol. The van der Waals surface area contributed by atoms with E-state index in [0.717, 1.165) is 23.1 Å². The van der Waals surface area contributed by atoms with Gasteiger partial charge in [-0.1, -0.05) is 23.4 Å². The fourth-order valence-electron chi connectivity index (χ4n) is 2.00. The molecule has 96 valence electrons. The average molecular weight is 247 g/mol. The van der Waals surface area contributed by atoms with Crippen LogP contribution in [0, 0.1) is 6.92 Å². The van der Waals surface area contributed by atoms with Crippen LogP contribution in [-0.4, -0.2) is 21.9 Å². The predicted octanol–water partition coefficient (Wildman–Crippen LogP) is 1.43. The lowest BCUT2D eigenvalue weighted by Crippen LogP contribution is -2.04. The van der Waals surface area contributed by atoms with Crippen molar-refractivity contribution < 1.29 is 9.63 Å². The molecule has 0 fully saturated rings. The van der Waals surface area contributed by atoms with Crippen molar-refractivity contribution in [3.8, 4) is 11.4 Å². The van der Waals surface area contributed by atoms with Gasteiger partial charge in [-0.3, -0.25) is 0 Å². The third kappa shape index (κ3) is 2.57. The highest BCUT2D eigenvalue weighted by Crippen LogP contribution is 2.25. The fourth-order valence-corrected chi connectivity index (χ4v) is 2.00. The second-order valence-corrected chi connectivity index (χ2v) is 4.11. The molecule has 2 rings (SSSR count). The minimum absolute atomic E-state index is 0.156. The molecule has 0 aliphatic rings.